The average molecular weight is 253 g/mol. The lowest BCUT2D eigenvalue weighted by atomic mass is 10.0. The standard InChI is InChI=1S/C14H27N3O/c1-15-8-4-5-14(18)17-11-6-13(7-12-17)16-9-2-3-10-16/h13,15H,2-12H2,1H3. The van der Waals surface area contributed by atoms with E-state index in [4.69, 9.17) is 0 Å². The first kappa shape index (κ1) is 13.8. The maximum Gasteiger partial charge on any atom is 0.222 e. The lowest BCUT2D eigenvalue weighted by Crippen LogP contribution is -2.45. The molecule has 2 saturated heterocycles. The highest BCUT2D eigenvalue weighted by atomic mass is 16.2. The van der Waals surface area contributed by atoms with Crippen LogP contribution in [0.4, 0.5) is 0 Å². The van der Waals surface area contributed by atoms with E-state index in [1.54, 1.807) is 0 Å². The van der Waals surface area contributed by atoms with Gasteiger partial charge in [0, 0.05) is 25.6 Å². The van der Waals surface area contributed by atoms with Gasteiger partial charge < -0.3 is 15.1 Å². The molecule has 1 N–H and O–H groups in total. The molecule has 18 heavy (non-hydrogen) atoms. The fourth-order valence-corrected chi connectivity index (χ4v) is 3.16. The molecule has 0 atom stereocenters. The number of nitrogens with one attached hydrogen (secondary N) is 1. The monoisotopic (exact) mass is 253 g/mol. The van der Waals surface area contributed by atoms with Gasteiger partial charge in [0.25, 0.3) is 0 Å². The number of likely N-dealkylation sites (tertiary alicyclic amines) is 2. The lowest BCUT2D eigenvalue weighted by Gasteiger charge is -2.36. The van der Waals surface area contributed by atoms with Gasteiger partial charge in [-0.3, -0.25) is 4.79 Å². The van der Waals surface area contributed by atoms with Gasteiger partial charge in [0.15, 0.2) is 0 Å². The largest absolute Gasteiger partial charge is 0.343 e. The van der Waals surface area contributed by atoms with E-state index in [1.807, 2.05) is 7.05 Å². The van der Waals surface area contributed by atoms with Crippen LogP contribution in [0.25, 0.3) is 0 Å². The molecule has 104 valence electrons. The van der Waals surface area contributed by atoms with Crippen LogP contribution in [0.2, 0.25) is 0 Å². The van der Waals surface area contributed by atoms with E-state index in [2.05, 4.69) is 15.1 Å². The van der Waals surface area contributed by atoms with E-state index in [0.717, 1.165) is 32.1 Å². The van der Waals surface area contributed by atoms with Crippen LogP contribution in [0.3, 0.4) is 0 Å². The van der Waals surface area contributed by atoms with Crippen LogP contribution in [0.15, 0.2) is 0 Å². The first-order valence-electron chi connectivity index (χ1n) is 7.47. The van der Waals surface area contributed by atoms with Gasteiger partial charge >= 0.3 is 0 Å². The zero-order valence-corrected chi connectivity index (χ0v) is 11.7. The highest BCUT2D eigenvalue weighted by molar-refractivity contribution is 5.76. The first-order chi connectivity index (χ1) is 8.81. The van der Waals surface area contributed by atoms with Crippen LogP contribution in [-0.4, -0.2) is 61.5 Å². The van der Waals surface area contributed by atoms with E-state index in [0.29, 0.717) is 12.3 Å². The maximum atomic E-state index is 12.0. The minimum Gasteiger partial charge on any atom is -0.343 e. The van der Waals surface area contributed by atoms with E-state index in [9.17, 15) is 4.79 Å². The van der Waals surface area contributed by atoms with E-state index < -0.39 is 0 Å². The summed E-state index contributed by atoms with van der Waals surface area (Å²) in [6.45, 7) is 5.44. The molecule has 0 aromatic heterocycles. The molecule has 2 fully saturated rings. The first-order valence-corrected chi connectivity index (χ1v) is 7.47. The van der Waals surface area contributed by atoms with E-state index in [1.165, 1.54) is 38.8 Å². The van der Waals surface area contributed by atoms with Crippen molar-refractivity contribution >= 4 is 5.91 Å². The molecule has 2 aliphatic heterocycles. The molecule has 0 saturated carbocycles. The SMILES string of the molecule is CNCCCC(=O)N1CCC(N2CCCC2)CC1. The van der Waals surface area contributed by atoms with Crippen LogP contribution >= 0.6 is 0 Å². The van der Waals surface area contributed by atoms with Crippen LogP contribution in [-0.2, 0) is 4.79 Å². The molecule has 2 heterocycles. The second-order valence-corrected chi connectivity index (χ2v) is 5.56. The molecule has 4 heteroatoms. The summed E-state index contributed by atoms with van der Waals surface area (Å²) < 4.78 is 0. The zero-order chi connectivity index (χ0) is 12.8. The predicted octanol–water partition coefficient (Wildman–Crippen LogP) is 1.07. The van der Waals surface area contributed by atoms with Crippen molar-refractivity contribution in [1.29, 1.82) is 0 Å². The van der Waals surface area contributed by atoms with E-state index >= 15 is 0 Å². The second-order valence-electron chi connectivity index (χ2n) is 5.56. The Bertz CT molecular complexity index is 256. The van der Waals surface area contributed by atoms with Gasteiger partial charge in [0.1, 0.15) is 0 Å². The van der Waals surface area contributed by atoms with Crippen molar-refractivity contribution in [2.75, 3.05) is 39.8 Å². The van der Waals surface area contributed by atoms with Crippen molar-refractivity contribution in [2.24, 2.45) is 0 Å². The number of hydrogen-bond acceptors (Lipinski definition) is 3. The highest BCUT2D eigenvalue weighted by Crippen LogP contribution is 2.21. The Morgan fingerprint density at radius 3 is 2.44 bits per heavy atom. The maximum absolute atomic E-state index is 12.0. The third-order valence-electron chi connectivity index (χ3n) is 4.29. The number of rotatable bonds is 5. The number of nitrogens with zero attached hydrogens (tertiary/aromatic N) is 2. The normalized spacial score (nSPS) is 22.6. The third kappa shape index (κ3) is 3.69. The van der Waals surface area contributed by atoms with Gasteiger partial charge in [-0.25, -0.2) is 0 Å². The van der Waals surface area contributed by atoms with Crippen molar-refractivity contribution in [1.82, 2.24) is 15.1 Å². The quantitative estimate of drug-likeness (QED) is 0.745. The Kier molecular flexibility index (Phi) is 5.45. The van der Waals surface area contributed by atoms with Gasteiger partial charge in [-0.15, -0.1) is 0 Å². The van der Waals surface area contributed by atoms with Crippen molar-refractivity contribution in [2.45, 2.75) is 44.6 Å². The van der Waals surface area contributed by atoms with Crippen LogP contribution in [0.5, 0.6) is 0 Å². The van der Waals surface area contributed by atoms with Gasteiger partial charge in [-0.1, -0.05) is 0 Å². The number of carbonyl (C=O) groups is 1. The Balaban J connectivity index is 1.67. The molecular weight excluding hydrogens is 226 g/mol. The highest BCUT2D eigenvalue weighted by Gasteiger charge is 2.27. The van der Waals surface area contributed by atoms with Crippen LogP contribution in [0.1, 0.15) is 38.5 Å². The summed E-state index contributed by atoms with van der Waals surface area (Å²) in [6.07, 6.45) is 6.75. The summed E-state index contributed by atoms with van der Waals surface area (Å²) in [5.74, 6) is 0.352. The van der Waals surface area contributed by atoms with Gasteiger partial charge in [-0.05, 0) is 58.8 Å². The fraction of sp³-hybridized carbons (Fsp3) is 0.929. The van der Waals surface area contributed by atoms with Crippen molar-refractivity contribution in [3.63, 3.8) is 0 Å². The zero-order valence-electron chi connectivity index (χ0n) is 11.7. The Morgan fingerprint density at radius 2 is 1.83 bits per heavy atom. The summed E-state index contributed by atoms with van der Waals surface area (Å²) >= 11 is 0. The number of piperidine rings is 1. The predicted molar refractivity (Wildman–Crippen MR) is 73.6 cm³/mol. The molecule has 0 bridgehead atoms. The number of carbonyl (C=O) groups excluding carboxylic acids is 1. The van der Waals surface area contributed by atoms with Gasteiger partial charge in [0.05, 0.1) is 0 Å². The van der Waals surface area contributed by atoms with Gasteiger partial charge in [0.2, 0.25) is 5.91 Å². The minimum absolute atomic E-state index is 0.352. The van der Waals surface area contributed by atoms with E-state index in [-0.39, 0.29) is 0 Å². The average Bonchev–Trinajstić information content (AvgIpc) is 2.93. The van der Waals surface area contributed by atoms with Crippen LogP contribution in [0, 0.1) is 0 Å². The fourth-order valence-electron chi connectivity index (χ4n) is 3.16. The molecule has 0 aromatic rings. The molecular formula is C14H27N3O. The summed E-state index contributed by atoms with van der Waals surface area (Å²) in [7, 11) is 1.94. The molecule has 0 spiro atoms. The molecule has 1 amide bonds. The Labute approximate surface area is 111 Å². The molecule has 0 unspecified atom stereocenters. The number of amides is 1. The summed E-state index contributed by atoms with van der Waals surface area (Å²) in [5, 5.41) is 3.09. The van der Waals surface area contributed by atoms with Crippen LogP contribution < -0.4 is 5.32 Å². The molecule has 2 rings (SSSR count). The number of hydrogen-bond donors (Lipinski definition) is 1. The van der Waals surface area contributed by atoms with Crippen molar-refractivity contribution in [3.05, 3.63) is 0 Å². The molecule has 0 aliphatic carbocycles. The van der Waals surface area contributed by atoms with Crippen molar-refractivity contribution < 1.29 is 4.79 Å². The minimum atomic E-state index is 0.352. The molecule has 0 aromatic carbocycles. The smallest absolute Gasteiger partial charge is 0.222 e. The Hall–Kier alpha value is -0.610. The summed E-state index contributed by atoms with van der Waals surface area (Å²) in [5.41, 5.74) is 0. The molecule has 0 radical (unpaired) electrons. The molecule has 4 nitrogen and oxygen atoms in total. The topological polar surface area (TPSA) is 35.6 Å². The van der Waals surface area contributed by atoms with Crippen molar-refractivity contribution in [3.8, 4) is 0 Å². The third-order valence-corrected chi connectivity index (χ3v) is 4.29. The van der Waals surface area contributed by atoms with Gasteiger partial charge in [-0.2, -0.15) is 0 Å². The lowest BCUT2D eigenvalue weighted by molar-refractivity contribution is -0.132. The Morgan fingerprint density at radius 1 is 1.17 bits per heavy atom. The molecule has 2 aliphatic rings. The second kappa shape index (κ2) is 7.10. The summed E-state index contributed by atoms with van der Waals surface area (Å²) in [6, 6.07) is 0.744. The summed E-state index contributed by atoms with van der Waals surface area (Å²) in [4.78, 5) is 16.7.